The topological polar surface area (TPSA) is 12.4 Å². The van der Waals surface area contributed by atoms with E-state index in [2.05, 4.69) is 94.6 Å². The molecule has 0 saturated carbocycles. The zero-order valence-electron chi connectivity index (χ0n) is 17.1. The fraction of sp³-hybridized carbons (Fsp3) is 0.240. The van der Waals surface area contributed by atoms with Gasteiger partial charge in [0.05, 0.1) is 0 Å². The first kappa shape index (κ1) is 17.6. The van der Waals surface area contributed by atoms with Crippen LogP contribution >= 0.6 is 0 Å². The van der Waals surface area contributed by atoms with Crippen LogP contribution in [0.1, 0.15) is 56.2 Å². The van der Waals surface area contributed by atoms with Crippen molar-refractivity contribution in [2.75, 3.05) is 0 Å². The van der Waals surface area contributed by atoms with Crippen molar-refractivity contribution in [1.29, 1.82) is 0 Å². The molecule has 0 atom stereocenters. The van der Waals surface area contributed by atoms with Crippen molar-refractivity contribution < 1.29 is 0 Å². The second-order valence-corrected chi connectivity index (χ2v) is 8.75. The average molecular weight is 361 g/mol. The summed E-state index contributed by atoms with van der Waals surface area (Å²) in [5, 5.41) is 0. The lowest BCUT2D eigenvalue weighted by atomic mass is 9.25. The predicted octanol–water partition coefficient (Wildman–Crippen LogP) is 2.30. The van der Waals surface area contributed by atoms with Crippen LogP contribution in [0.4, 0.5) is 0 Å². The molecule has 1 nitrogen and oxygen atoms in total. The molecule has 0 fully saturated rings. The lowest BCUT2D eigenvalue weighted by Gasteiger charge is -2.32. The van der Waals surface area contributed by atoms with Gasteiger partial charge in [-0.3, -0.25) is 0 Å². The van der Waals surface area contributed by atoms with Crippen molar-refractivity contribution in [1.82, 2.24) is 0 Å². The summed E-state index contributed by atoms with van der Waals surface area (Å²) >= 11 is 0. The molecule has 0 aromatic heterocycles. The molecular weight excluding hydrogens is 336 g/mol. The van der Waals surface area contributed by atoms with Gasteiger partial charge < -0.3 is 4.90 Å². The molecule has 136 valence electrons. The van der Waals surface area contributed by atoms with Crippen LogP contribution in [0.3, 0.4) is 0 Å². The Morgan fingerprint density at radius 3 is 1.93 bits per heavy atom. The third kappa shape index (κ3) is 2.45. The maximum Gasteiger partial charge on any atom is 0.343 e. The summed E-state index contributed by atoms with van der Waals surface area (Å²) in [4.78, 5) is 4.89. The first-order valence-corrected chi connectivity index (χ1v) is 10.5. The standard InChI is InChI=1S/C25H25B2N/c1-16(2)19-10-8-11-20(17(3)4)25(19)26-21-12-5-6-13-22(21)27-24-18(15-28-27)9-7-14-23(24)26/h5-17H,1-4H3. The molecule has 0 N–H and O–H groups in total. The van der Waals surface area contributed by atoms with Crippen LogP contribution in [0, 0.1) is 0 Å². The third-order valence-electron chi connectivity index (χ3n) is 6.43. The van der Waals surface area contributed by atoms with E-state index in [-0.39, 0.29) is 13.6 Å². The lowest BCUT2D eigenvalue weighted by molar-refractivity contribution is 0.845. The van der Waals surface area contributed by atoms with Crippen molar-refractivity contribution in [2.24, 2.45) is 4.90 Å². The van der Waals surface area contributed by atoms with Crippen molar-refractivity contribution in [3.05, 3.63) is 77.4 Å². The Bertz CT molecular complexity index is 1070. The van der Waals surface area contributed by atoms with E-state index in [1.54, 1.807) is 0 Å². The van der Waals surface area contributed by atoms with E-state index >= 15 is 0 Å². The zero-order chi connectivity index (χ0) is 19.4. The van der Waals surface area contributed by atoms with Crippen molar-refractivity contribution >= 4 is 47.1 Å². The number of benzene rings is 3. The largest absolute Gasteiger partial charge is 0.343 e. The maximum atomic E-state index is 4.89. The molecule has 2 aliphatic rings. The Morgan fingerprint density at radius 1 is 0.643 bits per heavy atom. The number of nitrogens with zero attached hydrogens (tertiary/aromatic N) is 1. The minimum atomic E-state index is 0.160. The Labute approximate surface area is 169 Å². The van der Waals surface area contributed by atoms with Gasteiger partial charge in [-0.05, 0) is 34.0 Å². The van der Waals surface area contributed by atoms with Gasteiger partial charge in [-0.15, -0.1) is 0 Å². The van der Waals surface area contributed by atoms with Crippen LogP contribution in [0.15, 0.2) is 65.6 Å². The van der Waals surface area contributed by atoms with Gasteiger partial charge in [0.1, 0.15) is 0 Å². The van der Waals surface area contributed by atoms with Crippen LogP contribution in [-0.2, 0) is 0 Å². The minimum Gasteiger partial charge on any atom is -0.336 e. The normalized spacial score (nSPS) is 14.1. The summed E-state index contributed by atoms with van der Waals surface area (Å²) in [6, 6.07) is 22.6. The van der Waals surface area contributed by atoms with Gasteiger partial charge >= 0.3 is 6.85 Å². The molecule has 3 heteroatoms. The van der Waals surface area contributed by atoms with Crippen LogP contribution in [0.2, 0.25) is 0 Å². The lowest BCUT2D eigenvalue weighted by Crippen LogP contribution is -2.72. The van der Waals surface area contributed by atoms with E-state index in [1.807, 2.05) is 0 Å². The molecule has 2 heterocycles. The Kier molecular flexibility index (Phi) is 4.08. The molecular formula is C25H25B2N. The van der Waals surface area contributed by atoms with Gasteiger partial charge in [0.15, 0.2) is 0 Å². The van der Waals surface area contributed by atoms with Crippen LogP contribution in [-0.4, -0.2) is 19.8 Å². The molecule has 28 heavy (non-hydrogen) atoms. The molecule has 0 aliphatic carbocycles. The van der Waals surface area contributed by atoms with Crippen LogP contribution < -0.4 is 27.3 Å². The van der Waals surface area contributed by atoms with E-state index < -0.39 is 0 Å². The summed E-state index contributed by atoms with van der Waals surface area (Å²) in [6.45, 7) is 9.71. The van der Waals surface area contributed by atoms with E-state index in [1.165, 1.54) is 44.0 Å². The Hall–Kier alpha value is -2.54. The summed E-state index contributed by atoms with van der Waals surface area (Å²) in [5.74, 6) is 0.984. The molecule has 5 rings (SSSR count). The SMILES string of the molecule is CC(C)c1cccc(C(C)C)c1B1c2ccccc2B2N=Cc3cccc1c32. The molecule has 0 amide bonds. The van der Waals surface area contributed by atoms with Crippen LogP contribution in [0.25, 0.3) is 0 Å². The zero-order valence-corrected chi connectivity index (χ0v) is 17.1. The first-order valence-electron chi connectivity index (χ1n) is 10.5. The monoisotopic (exact) mass is 361 g/mol. The summed E-state index contributed by atoms with van der Waals surface area (Å²) in [7, 11) is 0. The molecule has 2 aliphatic heterocycles. The summed E-state index contributed by atoms with van der Waals surface area (Å²) < 4.78 is 0. The summed E-state index contributed by atoms with van der Waals surface area (Å²) in [5.41, 5.74) is 11.4. The molecule has 0 unspecified atom stereocenters. The number of fused-ring (bicyclic) bond motifs is 2. The smallest absolute Gasteiger partial charge is 0.336 e. The first-order chi connectivity index (χ1) is 13.6. The number of rotatable bonds is 3. The van der Waals surface area contributed by atoms with Gasteiger partial charge in [-0.2, -0.15) is 0 Å². The van der Waals surface area contributed by atoms with Crippen molar-refractivity contribution in [3.8, 4) is 0 Å². The van der Waals surface area contributed by atoms with Crippen LogP contribution in [0.5, 0.6) is 0 Å². The van der Waals surface area contributed by atoms with E-state index in [0.29, 0.717) is 11.8 Å². The van der Waals surface area contributed by atoms with Gasteiger partial charge in [0, 0.05) is 6.21 Å². The maximum absolute atomic E-state index is 4.89. The molecule has 0 spiro atoms. The number of hydrogen-bond donors (Lipinski definition) is 0. The highest BCUT2D eigenvalue weighted by molar-refractivity contribution is 7.08. The van der Waals surface area contributed by atoms with Crippen molar-refractivity contribution in [3.63, 3.8) is 0 Å². The predicted molar refractivity (Wildman–Crippen MR) is 125 cm³/mol. The highest BCUT2D eigenvalue weighted by atomic mass is 14.6. The van der Waals surface area contributed by atoms with E-state index in [4.69, 9.17) is 4.90 Å². The molecule has 3 aromatic carbocycles. The average Bonchev–Trinajstić information content (AvgIpc) is 3.13. The highest BCUT2D eigenvalue weighted by Crippen LogP contribution is 2.21. The number of hydrogen-bond acceptors (Lipinski definition) is 1. The second-order valence-electron chi connectivity index (χ2n) is 8.75. The van der Waals surface area contributed by atoms with Crippen molar-refractivity contribution in [2.45, 2.75) is 39.5 Å². The van der Waals surface area contributed by atoms with Gasteiger partial charge in [0.25, 0.3) is 0 Å². The van der Waals surface area contributed by atoms with Gasteiger partial charge in [0.2, 0.25) is 6.71 Å². The molecule has 3 aromatic rings. The van der Waals surface area contributed by atoms with Gasteiger partial charge in [-0.25, -0.2) is 0 Å². The molecule has 0 bridgehead atoms. The van der Waals surface area contributed by atoms with Gasteiger partial charge in [-0.1, -0.05) is 110 Å². The molecule has 0 radical (unpaired) electrons. The Morgan fingerprint density at radius 2 is 1.25 bits per heavy atom. The van der Waals surface area contributed by atoms with E-state index in [9.17, 15) is 0 Å². The molecule has 0 saturated heterocycles. The van der Waals surface area contributed by atoms with E-state index in [0.717, 1.165) is 0 Å². The second kappa shape index (κ2) is 6.51. The Balaban J connectivity index is 1.87. The highest BCUT2D eigenvalue weighted by Gasteiger charge is 2.42. The summed E-state index contributed by atoms with van der Waals surface area (Å²) in [6.07, 6.45) is 2.07. The minimum absolute atomic E-state index is 0.160. The fourth-order valence-corrected chi connectivity index (χ4v) is 5.19. The fourth-order valence-electron chi connectivity index (χ4n) is 5.19. The third-order valence-corrected chi connectivity index (χ3v) is 6.43. The quantitative estimate of drug-likeness (QED) is 0.635.